The predicted molar refractivity (Wildman–Crippen MR) is 123 cm³/mol. The molecule has 7 nitrogen and oxygen atoms in total. The van der Waals surface area contributed by atoms with Gasteiger partial charge in [-0.3, -0.25) is 14.7 Å². The highest BCUT2D eigenvalue weighted by molar-refractivity contribution is 6.00. The van der Waals surface area contributed by atoms with Crippen LogP contribution in [-0.2, 0) is 13.6 Å². The van der Waals surface area contributed by atoms with Crippen molar-refractivity contribution in [3.8, 4) is 17.0 Å². The van der Waals surface area contributed by atoms with Crippen LogP contribution >= 0.6 is 0 Å². The maximum atomic E-state index is 13.1. The van der Waals surface area contributed by atoms with Gasteiger partial charge in [0.1, 0.15) is 17.4 Å². The van der Waals surface area contributed by atoms with Crippen LogP contribution < -0.4 is 16.2 Å². The van der Waals surface area contributed by atoms with Gasteiger partial charge in [0, 0.05) is 29.9 Å². The number of hydrogen-bond donors (Lipinski definition) is 2. The molecule has 0 saturated carbocycles. The van der Waals surface area contributed by atoms with Gasteiger partial charge in [0.05, 0.1) is 31.2 Å². The molecule has 0 amide bonds. The summed E-state index contributed by atoms with van der Waals surface area (Å²) in [7, 11) is 3.44. The molecule has 3 rings (SSSR count). The minimum atomic E-state index is -0.385. The lowest BCUT2D eigenvalue weighted by Gasteiger charge is -2.13. The fourth-order valence-corrected chi connectivity index (χ4v) is 2.86. The number of unbranched alkanes of at least 4 members (excludes halogenated alkanes) is 1. The smallest absolute Gasteiger partial charge is 0.141 e. The van der Waals surface area contributed by atoms with Crippen LogP contribution in [0.3, 0.4) is 0 Å². The predicted octanol–water partition coefficient (Wildman–Crippen LogP) is 3.59. The molecule has 0 bridgehead atoms. The summed E-state index contributed by atoms with van der Waals surface area (Å²) in [6, 6.07) is 8.61. The Hall–Kier alpha value is -3.26. The van der Waals surface area contributed by atoms with E-state index in [2.05, 4.69) is 22.0 Å². The van der Waals surface area contributed by atoms with Crippen molar-refractivity contribution in [2.75, 3.05) is 13.7 Å². The van der Waals surface area contributed by atoms with Crippen molar-refractivity contribution < 1.29 is 9.13 Å². The molecular formula is C23H31FN6O. The van der Waals surface area contributed by atoms with Crippen LogP contribution in [-0.4, -0.2) is 34.3 Å². The second-order valence-corrected chi connectivity index (χ2v) is 7.04. The zero-order valence-electron chi connectivity index (χ0n) is 18.6. The van der Waals surface area contributed by atoms with E-state index in [1.165, 1.54) is 25.1 Å². The molecular weight excluding hydrogens is 395 g/mol. The number of ether oxygens (including phenoxy) is 1. The number of aliphatic imine (C=N–C) groups is 1. The summed E-state index contributed by atoms with van der Waals surface area (Å²) in [5, 5.41) is 4.29. The second-order valence-electron chi connectivity index (χ2n) is 7.04. The van der Waals surface area contributed by atoms with E-state index in [0.717, 1.165) is 28.9 Å². The first-order valence-corrected chi connectivity index (χ1v) is 10.2. The molecule has 0 aliphatic carbocycles. The first-order valence-electron chi connectivity index (χ1n) is 10.2. The maximum absolute atomic E-state index is 13.1. The topological polar surface area (TPSA) is 104 Å². The van der Waals surface area contributed by atoms with Crippen LogP contribution in [0.25, 0.3) is 11.3 Å². The molecule has 2 aromatic heterocycles. The lowest BCUT2D eigenvalue weighted by atomic mass is 10.0. The minimum absolute atomic E-state index is 0.382. The van der Waals surface area contributed by atoms with Gasteiger partial charge in [-0.1, -0.05) is 13.3 Å². The Balaban J connectivity index is 0.000000614. The van der Waals surface area contributed by atoms with Crippen molar-refractivity contribution in [1.82, 2.24) is 14.8 Å². The van der Waals surface area contributed by atoms with E-state index in [9.17, 15) is 4.39 Å². The number of halogens is 1. The average Bonchev–Trinajstić information content (AvgIpc) is 3.19. The maximum Gasteiger partial charge on any atom is 0.141 e. The van der Waals surface area contributed by atoms with Crippen LogP contribution in [0, 0.1) is 12.7 Å². The van der Waals surface area contributed by atoms with Crippen LogP contribution in [0.15, 0.2) is 47.7 Å². The Labute approximate surface area is 183 Å². The van der Waals surface area contributed by atoms with Crippen molar-refractivity contribution in [3.63, 3.8) is 0 Å². The monoisotopic (exact) mass is 426 g/mol. The first kappa shape index (κ1) is 24.0. The molecule has 1 aromatic carbocycles. The molecule has 0 spiro atoms. The van der Waals surface area contributed by atoms with Gasteiger partial charge in [0.25, 0.3) is 0 Å². The number of aryl methyl sites for hydroxylation is 1. The summed E-state index contributed by atoms with van der Waals surface area (Å²) in [6.07, 6.45) is 5.42. The first-order chi connectivity index (χ1) is 14.9. The van der Waals surface area contributed by atoms with E-state index < -0.39 is 0 Å². The number of aromatic nitrogens is 3. The zero-order chi connectivity index (χ0) is 22.8. The van der Waals surface area contributed by atoms with E-state index >= 15 is 0 Å². The number of nitrogens with zero attached hydrogens (tertiary/aromatic N) is 4. The fraction of sp³-hybridized carbons (Fsp3) is 0.348. The van der Waals surface area contributed by atoms with E-state index in [0.29, 0.717) is 23.8 Å². The van der Waals surface area contributed by atoms with E-state index in [-0.39, 0.29) is 5.82 Å². The molecule has 0 aliphatic rings. The summed E-state index contributed by atoms with van der Waals surface area (Å²) < 4.78 is 20.3. The standard InChI is InChI=1S/C19H20FN5O.C4H11N/c1-12-16(19(21)23-11-15-6-7-25(2)24-15)8-13(9-18(12)26-3)17-5-4-14(20)10-22-17;1-2-3-4-5/h4-10H,11H2,1-3H3,(H2,21,23);2-5H2,1H3. The molecule has 31 heavy (non-hydrogen) atoms. The summed E-state index contributed by atoms with van der Waals surface area (Å²) in [4.78, 5) is 8.57. The third-order valence-corrected chi connectivity index (χ3v) is 4.62. The number of pyridine rings is 1. The van der Waals surface area contributed by atoms with Crippen molar-refractivity contribution in [3.05, 3.63) is 65.4 Å². The second kappa shape index (κ2) is 11.8. The Kier molecular flexibility index (Phi) is 9.14. The van der Waals surface area contributed by atoms with Gasteiger partial charge in [0.2, 0.25) is 0 Å². The fourth-order valence-electron chi connectivity index (χ4n) is 2.86. The molecule has 0 saturated heterocycles. The normalized spacial score (nSPS) is 11.1. The molecule has 4 N–H and O–H groups in total. The van der Waals surface area contributed by atoms with Crippen LogP contribution in [0.4, 0.5) is 4.39 Å². The summed E-state index contributed by atoms with van der Waals surface area (Å²) in [6.45, 7) is 5.27. The van der Waals surface area contributed by atoms with Crippen molar-refractivity contribution in [2.45, 2.75) is 33.2 Å². The largest absolute Gasteiger partial charge is 0.496 e. The molecule has 0 fully saturated rings. The highest BCUT2D eigenvalue weighted by Crippen LogP contribution is 2.29. The van der Waals surface area contributed by atoms with Gasteiger partial charge in [-0.2, -0.15) is 5.10 Å². The van der Waals surface area contributed by atoms with E-state index in [1.54, 1.807) is 17.9 Å². The summed E-state index contributed by atoms with van der Waals surface area (Å²) in [5.41, 5.74) is 15.2. The summed E-state index contributed by atoms with van der Waals surface area (Å²) >= 11 is 0. The van der Waals surface area contributed by atoms with Crippen LogP contribution in [0.1, 0.15) is 36.6 Å². The Morgan fingerprint density at radius 3 is 2.55 bits per heavy atom. The molecule has 166 valence electrons. The zero-order valence-corrected chi connectivity index (χ0v) is 18.6. The van der Waals surface area contributed by atoms with E-state index in [1.807, 2.05) is 38.4 Å². The van der Waals surface area contributed by atoms with Crippen LogP contribution in [0.2, 0.25) is 0 Å². The Morgan fingerprint density at radius 2 is 2.03 bits per heavy atom. The van der Waals surface area contributed by atoms with E-state index in [4.69, 9.17) is 16.2 Å². The van der Waals surface area contributed by atoms with Gasteiger partial charge in [-0.25, -0.2) is 4.39 Å². The average molecular weight is 427 g/mol. The highest BCUT2D eigenvalue weighted by Gasteiger charge is 2.13. The Bertz CT molecular complexity index is 996. The molecule has 0 radical (unpaired) electrons. The lowest BCUT2D eigenvalue weighted by molar-refractivity contribution is 0.412. The van der Waals surface area contributed by atoms with Gasteiger partial charge in [-0.15, -0.1) is 0 Å². The highest BCUT2D eigenvalue weighted by atomic mass is 19.1. The molecule has 8 heteroatoms. The lowest BCUT2D eigenvalue weighted by Crippen LogP contribution is -2.16. The minimum Gasteiger partial charge on any atom is -0.496 e. The molecule has 0 aliphatic heterocycles. The quantitative estimate of drug-likeness (QED) is 0.444. The van der Waals surface area contributed by atoms with Crippen molar-refractivity contribution >= 4 is 5.84 Å². The third kappa shape index (κ3) is 6.89. The number of amidine groups is 1. The van der Waals surface area contributed by atoms with Gasteiger partial charge < -0.3 is 16.2 Å². The number of hydrogen-bond acceptors (Lipinski definition) is 5. The van der Waals surface area contributed by atoms with Gasteiger partial charge >= 0.3 is 0 Å². The number of benzene rings is 1. The summed E-state index contributed by atoms with van der Waals surface area (Å²) in [5.74, 6) is 0.666. The number of methoxy groups -OCH3 is 1. The SMILES string of the molecule is CCCCN.COc1cc(-c2ccc(F)cn2)cc(C(N)=NCc2ccn(C)n2)c1C. The molecule has 2 heterocycles. The van der Waals surface area contributed by atoms with Crippen molar-refractivity contribution in [2.24, 2.45) is 23.5 Å². The number of rotatable bonds is 7. The Morgan fingerprint density at radius 1 is 1.26 bits per heavy atom. The van der Waals surface area contributed by atoms with Gasteiger partial charge in [0.15, 0.2) is 0 Å². The number of nitrogens with two attached hydrogens (primary N) is 2. The molecule has 0 atom stereocenters. The van der Waals surface area contributed by atoms with Gasteiger partial charge in [-0.05, 0) is 50.2 Å². The third-order valence-electron chi connectivity index (χ3n) is 4.62. The molecule has 3 aromatic rings. The van der Waals surface area contributed by atoms with Crippen molar-refractivity contribution in [1.29, 1.82) is 0 Å². The molecule has 0 unspecified atom stereocenters. The van der Waals surface area contributed by atoms with Crippen LogP contribution in [0.5, 0.6) is 5.75 Å².